The zero-order valence-electron chi connectivity index (χ0n) is 15.2. The number of methoxy groups -OCH3 is 1. The van der Waals surface area contributed by atoms with E-state index in [1.165, 1.54) is 7.11 Å². The fraction of sp³-hybridized carbons (Fsp3) is 0.400. The number of amides is 1. The topological polar surface area (TPSA) is 59.1 Å². The molecule has 1 aliphatic rings. The van der Waals surface area contributed by atoms with E-state index in [2.05, 4.69) is 0 Å². The van der Waals surface area contributed by atoms with Gasteiger partial charge >= 0.3 is 5.97 Å². The lowest BCUT2D eigenvalue weighted by Crippen LogP contribution is -2.50. The first kappa shape index (κ1) is 18.4. The molecule has 1 saturated heterocycles. The van der Waals surface area contributed by atoms with Gasteiger partial charge in [-0.2, -0.15) is 0 Å². The minimum absolute atomic E-state index is 0.124. The van der Waals surface area contributed by atoms with Crippen LogP contribution in [-0.2, 0) is 19.1 Å². The van der Waals surface area contributed by atoms with Crippen molar-refractivity contribution < 1.29 is 19.1 Å². The quantitative estimate of drug-likeness (QED) is 0.768. The van der Waals surface area contributed by atoms with Gasteiger partial charge in [0.15, 0.2) is 0 Å². The lowest BCUT2D eigenvalue weighted by Gasteiger charge is -2.32. The maximum absolute atomic E-state index is 13.2. The molecule has 3 rings (SSSR count). The smallest absolute Gasteiger partial charge is 0.328 e. The highest BCUT2D eigenvalue weighted by Crippen LogP contribution is 2.28. The van der Waals surface area contributed by atoms with E-state index in [1.54, 1.807) is 11.8 Å². The molecule has 6 nitrogen and oxygen atoms in total. The molecule has 0 radical (unpaired) electrons. The molecule has 1 aliphatic heterocycles. The first-order valence-corrected chi connectivity index (χ1v) is 8.79. The summed E-state index contributed by atoms with van der Waals surface area (Å²) in [5.41, 5.74) is 0.722. The van der Waals surface area contributed by atoms with Crippen LogP contribution in [0, 0.1) is 0 Å². The van der Waals surface area contributed by atoms with Gasteiger partial charge in [-0.1, -0.05) is 36.4 Å². The van der Waals surface area contributed by atoms with Crippen molar-refractivity contribution >= 4 is 28.3 Å². The molecular weight excluding hydrogens is 332 g/mol. The number of hydrogen-bond donors (Lipinski definition) is 0. The molecule has 0 saturated carbocycles. The van der Waals surface area contributed by atoms with E-state index in [4.69, 9.17) is 9.47 Å². The number of morpholine rings is 1. The number of carbonyl (C=O) groups excluding carboxylic acids is 2. The standard InChI is InChI=1S/C20H24N2O4/c1-15(20(24)25-2)22(19(23)14-21-10-12-26-13-11-21)18-9-5-7-16-6-3-4-8-17(16)18/h3-9,15H,10-14H2,1-2H3/t15-/m0/s1. The Morgan fingerprint density at radius 2 is 1.85 bits per heavy atom. The Kier molecular flexibility index (Phi) is 5.85. The second-order valence-corrected chi connectivity index (χ2v) is 6.35. The molecule has 0 bridgehead atoms. The summed E-state index contributed by atoms with van der Waals surface area (Å²) in [6, 6.07) is 12.9. The molecule has 1 atom stereocenters. The third-order valence-electron chi connectivity index (χ3n) is 4.69. The highest BCUT2D eigenvalue weighted by Gasteiger charge is 2.30. The molecule has 0 spiro atoms. The minimum atomic E-state index is -0.709. The predicted octanol–water partition coefficient (Wildman–Crippen LogP) is 2.07. The van der Waals surface area contributed by atoms with Gasteiger partial charge in [-0.25, -0.2) is 4.79 Å². The molecule has 26 heavy (non-hydrogen) atoms. The molecule has 2 aromatic carbocycles. The van der Waals surface area contributed by atoms with Crippen LogP contribution in [0.15, 0.2) is 42.5 Å². The van der Waals surface area contributed by atoms with Crippen molar-refractivity contribution in [2.75, 3.05) is 44.9 Å². The van der Waals surface area contributed by atoms with Gasteiger partial charge in [0.2, 0.25) is 5.91 Å². The average Bonchev–Trinajstić information content (AvgIpc) is 2.68. The normalized spacial score (nSPS) is 16.2. The van der Waals surface area contributed by atoms with Gasteiger partial charge in [-0.15, -0.1) is 0 Å². The lowest BCUT2D eigenvalue weighted by atomic mass is 10.1. The Labute approximate surface area is 153 Å². The molecule has 0 unspecified atom stereocenters. The van der Waals surface area contributed by atoms with Crippen LogP contribution in [0.3, 0.4) is 0 Å². The van der Waals surface area contributed by atoms with Gasteiger partial charge in [0.05, 0.1) is 32.6 Å². The molecule has 1 heterocycles. The van der Waals surface area contributed by atoms with Crippen molar-refractivity contribution in [2.24, 2.45) is 0 Å². The summed E-state index contributed by atoms with van der Waals surface area (Å²) in [5, 5.41) is 1.95. The van der Waals surface area contributed by atoms with E-state index < -0.39 is 12.0 Å². The summed E-state index contributed by atoms with van der Waals surface area (Å²) < 4.78 is 10.2. The maximum atomic E-state index is 13.2. The summed E-state index contributed by atoms with van der Waals surface area (Å²) in [7, 11) is 1.34. The van der Waals surface area contributed by atoms with Crippen LogP contribution < -0.4 is 4.90 Å². The second kappa shape index (κ2) is 8.29. The maximum Gasteiger partial charge on any atom is 0.328 e. The van der Waals surface area contributed by atoms with E-state index in [1.807, 2.05) is 47.4 Å². The summed E-state index contributed by atoms with van der Waals surface area (Å²) in [6.45, 7) is 4.60. The number of anilines is 1. The van der Waals surface area contributed by atoms with E-state index >= 15 is 0 Å². The lowest BCUT2D eigenvalue weighted by molar-refractivity contribution is -0.143. The van der Waals surface area contributed by atoms with Gasteiger partial charge in [0.1, 0.15) is 6.04 Å². The Morgan fingerprint density at radius 1 is 1.15 bits per heavy atom. The highest BCUT2D eigenvalue weighted by atomic mass is 16.5. The highest BCUT2D eigenvalue weighted by molar-refractivity contribution is 6.07. The molecule has 1 fully saturated rings. The third kappa shape index (κ3) is 3.86. The van der Waals surface area contributed by atoms with Gasteiger partial charge in [0.25, 0.3) is 0 Å². The van der Waals surface area contributed by atoms with Crippen LogP contribution in [0.25, 0.3) is 10.8 Å². The van der Waals surface area contributed by atoms with E-state index in [0.717, 1.165) is 16.5 Å². The zero-order valence-corrected chi connectivity index (χ0v) is 15.2. The Morgan fingerprint density at radius 3 is 2.58 bits per heavy atom. The number of ether oxygens (including phenoxy) is 2. The Hall–Kier alpha value is -2.44. The van der Waals surface area contributed by atoms with Gasteiger partial charge in [0, 0.05) is 18.5 Å². The van der Waals surface area contributed by atoms with Crippen molar-refractivity contribution in [3.8, 4) is 0 Å². The monoisotopic (exact) mass is 356 g/mol. The number of rotatable bonds is 5. The number of benzene rings is 2. The SMILES string of the molecule is COC(=O)[C@H](C)N(C(=O)CN1CCOCC1)c1cccc2ccccc12. The number of hydrogen-bond acceptors (Lipinski definition) is 5. The molecule has 138 valence electrons. The van der Waals surface area contributed by atoms with Crippen LogP contribution >= 0.6 is 0 Å². The summed E-state index contributed by atoms with van der Waals surface area (Å²) in [5.74, 6) is -0.561. The predicted molar refractivity (Wildman–Crippen MR) is 100 cm³/mol. The van der Waals surface area contributed by atoms with Crippen LogP contribution in [0.4, 0.5) is 5.69 Å². The first-order valence-electron chi connectivity index (χ1n) is 8.79. The van der Waals surface area contributed by atoms with Gasteiger partial charge in [-0.3, -0.25) is 14.6 Å². The minimum Gasteiger partial charge on any atom is -0.467 e. The fourth-order valence-corrected chi connectivity index (χ4v) is 3.28. The van der Waals surface area contributed by atoms with Crippen molar-refractivity contribution in [1.29, 1.82) is 0 Å². The molecule has 0 aliphatic carbocycles. The zero-order chi connectivity index (χ0) is 18.5. The average molecular weight is 356 g/mol. The van der Waals surface area contributed by atoms with E-state index in [0.29, 0.717) is 26.3 Å². The molecule has 6 heteroatoms. The first-order chi connectivity index (χ1) is 12.6. The van der Waals surface area contributed by atoms with Crippen molar-refractivity contribution in [2.45, 2.75) is 13.0 Å². The van der Waals surface area contributed by atoms with Crippen LogP contribution in [0.5, 0.6) is 0 Å². The number of nitrogens with zero attached hydrogens (tertiary/aromatic N) is 2. The largest absolute Gasteiger partial charge is 0.467 e. The molecule has 2 aromatic rings. The summed E-state index contributed by atoms with van der Waals surface area (Å²) in [4.78, 5) is 29.0. The second-order valence-electron chi connectivity index (χ2n) is 6.35. The fourth-order valence-electron chi connectivity index (χ4n) is 3.28. The van der Waals surface area contributed by atoms with Crippen molar-refractivity contribution in [1.82, 2.24) is 4.90 Å². The molecular formula is C20H24N2O4. The van der Waals surface area contributed by atoms with Crippen LogP contribution in [0.1, 0.15) is 6.92 Å². The van der Waals surface area contributed by atoms with E-state index in [9.17, 15) is 9.59 Å². The molecule has 0 aromatic heterocycles. The summed E-state index contributed by atoms with van der Waals surface area (Å²) >= 11 is 0. The third-order valence-corrected chi connectivity index (χ3v) is 4.69. The number of esters is 1. The van der Waals surface area contributed by atoms with Crippen LogP contribution in [0.2, 0.25) is 0 Å². The van der Waals surface area contributed by atoms with Crippen molar-refractivity contribution in [3.63, 3.8) is 0 Å². The van der Waals surface area contributed by atoms with Crippen LogP contribution in [-0.4, -0.2) is 62.8 Å². The number of fused-ring (bicyclic) bond motifs is 1. The summed E-state index contributed by atoms with van der Waals surface area (Å²) in [6.07, 6.45) is 0. The van der Waals surface area contributed by atoms with Gasteiger partial charge in [-0.05, 0) is 18.4 Å². The van der Waals surface area contributed by atoms with Crippen molar-refractivity contribution in [3.05, 3.63) is 42.5 Å². The Bertz CT molecular complexity index is 781. The van der Waals surface area contributed by atoms with E-state index in [-0.39, 0.29) is 12.5 Å². The number of carbonyl (C=O) groups is 2. The van der Waals surface area contributed by atoms with Gasteiger partial charge < -0.3 is 9.47 Å². The molecule has 0 N–H and O–H groups in total. The molecule has 1 amide bonds. The Balaban J connectivity index is 1.97.